The van der Waals surface area contributed by atoms with Gasteiger partial charge >= 0.3 is 12.4 Å². The number of carbonyl (C=O) groups excluding carboxylic acids is 3. The summed E-state index contributed by atoms with van der Waals surface area (Å²) in [5, 5.41) is 18.1. The van der Waals surface area contributed by atoms with Crippen molar-refractivity contribution in [1.29, 1.82) is 0 Å². The van der Waals surface area contributed by atoms with Crippen molar-refractivity contribution < 1.29 is 33.1 Å². The van der Waals surface area contributed by atoms with E-state index in [1.807, 2.05) is 0 Å². The Morgan fingerprint density at radius 3 is 2.62 bits per heavy atom. The number of fused-ring (bicyclic) bond motifs is 1. The number of rotatable bonds is 10. The quantitative estimate of drug-likeness (QED) is 0.298. The molecule has 0 unspecified atom stereocenters. The van der Waals surface area contributed by atoms with Crippen molar-refractivity contribution in [3.63, 3.8) is 0 Å². The molecule has 13 heteroatoms. The third kappa shape index (κ3) is 4.91. The second-order valence-corrected chi connectivity index (χ2v) is 10.3. The summed E-state index contributed by atoms with van der Waals surface area (Å²) in [6, 6.07) is -1.77. The van der Waals surface area contributed by atoms with Crippen LogP contribution in [-0.2, 0) is 19.2 Å². The topological polar surface area (TPSA) is 131 Å². The Labute approximate surface area is 200 Å². The number of carboxylic acid groups (broad SMARTS) is 1. The summed E-state index contributed by atoms with van der Waals surface area (Å²) in [5.41, 5.74) is -0.1000. The molecule has 3 rings (SSSR count). The van der Waals surface area contributed by atoms with Crippen molar-refractivity contribution in [2.24, 2.45) is 11.8 Å². The maximum Gasteiger partial charge on any atom is 0.353 e. The Bertz CT molecular complexity index is 888. The second kappa shape index (κ2) is 10.6. The SMILES string of the molecule is CNCCN(C)C(=O)[C@@H]1C[C@H](SC2=C(C(=O)O)N3C(=O)[C@H]([C@@H](C)NC(=O)C(F)F)[C@H]3[C@H]2C)CN1. The zero-order valence-corrected chi connectivity index (χ0v) is 20.3. The van der Waals surface area contributed by atoms with Gasteiger partial charge in [0.15, 0.2) is 0 Å². The Morgan fingerprint density at radius 2 is 2.03 bits per heavy atom. The molecule has 2 saturated heterocycles. The van der Waals surface area contributed by atoms with Gasteiger partial charge in [-0.15, -0.1) is 11.8 Å². The number of aliphatic carboxylic acids is 1. The van der Waals surface area contributed by atoms with Crippen molar-refractivity contribution >= 4 is 35.5 Å². The lowest BCUT2D eigenvalue weighted by Gasteiger charge is -2.47. The molecule has 0 aromatic rings. The number of alkyl halides is 2. The van der Waals surface area contributed by atoms with Crippen LogP contribution in [0.2, 0.25) is 0 Å². The molecule has 2 fully saturated rings. The Hall–Kier alpha value is -2.25. The van der Waals surface area contributed by atoms with E-state index >= 15 is 0 Å². The van der Waals surface area contributed by atoms with Gasteiger partial charge in [0, 0.05) is 48.8 Å². The summed E-state index contributed by atoms with van der Waals surface area (Å²) in [5.74, 6) is -4.38. The Morgan fingerprint density at radius 1 is 1.35 bits per heavy atom. The van der Waals surface area contributed by atoms with Crippen molar-refractivity contribution in [2.45, 2.75) is 50.1 Å². The van der Waals surface area contributed by atoms with Crippen LogP contribution >= 0.6 is 11.8 Å². The van der Waals surface area contributed by atoms with Gasteiger partial charge in [0.05, 0.1) is 18.0 Å². The number of carbonyl (C=O) groups is 4. The molecule has 0 bridgehead atoms. The van der Waals surface area contributed by atoms with Crippen LogP contribution in [0.15, 0.2) is 10.6 Å². The molecule has 0 aromatic heterocycles. The van der Waals surface area contributed by atoms with E-state index in [1.54, 1.807) is 25.9 Å². The average molecular weight is 504 g/mol. The fourth-order valence-corrected chi connectivity index (χ4v) is 6.37. The summed E-state index contributed by atoms with van der Waals surface area (Å²) in [7, 11) is 3.54. The number of hydrogen-bond acceptors (Lipinski definition) is 7. The molecule has 190 valence electrons. The highest BCUT2D eigenvalue weighted by atomic mass is 32.2. The highest BCUT2D eigenvalue weighted by Gasteiger charge is 2.60. The highest BCUT2D eigenvalue weighted by Crippen LogP contribution is 2.51. The van der Waals surface area contributed by atoms with Gasteiger partial charge in [0.1, 0.15) is 5.70 Å². The van der Waals surface area contributed by atoms with E-state index in [4.69, 9.17) is 0 Å². The van der Waals surface area contributed by atoms with Crippen LogP contribution in [0, 0.1) is 11.8 Å². The lowest BCUT2D eigenvalue weighted by molar-refractivity contribution is -0.159. The van der Waals surface area contributed by atoms with Gasteiger partial charge in [-0.2, -0.15) is 8.78 Å². The molecule has 0 spiro atoms. The van der Waals surface area contributed by atoms with Gasteiger partial charge in [-0.1, -0.05) is 6.92 Å². The summed E-state index contributed by atoms with van der Waals surface area (Å²) >= 11 is 1.34. The normalized spacial score (nSPS) is 29.2. The molecular formula is C21H31F2N5O5S. The number of halogens is 2. The maximum atomic E-state index is 12.8. The average Bonchev–Trinajstić information content (AvgIpc) is 3.33. The molecule has 3 heterocycles. The van der Waals surface area contributed by atoms with Gasteiger partial charge < -0.3 is 30.9 Å². The number of likely N-dealkylation sites (N-methyl/N-ethyl adjacent to an activating group) is 2. The Kier molecular flexibility index (Phi) is 8.19. The van der Waals surface area contributed by atoms with E-state index in [-0.39, 0.29) is 28.8 Å². The predicted octanol–water partition coefficient (Wildman–Crippen LogP) is -0.329. The second-order valence-electron chi connectivity index (χ2n) is 8.93. The third-order valence-electron chi connectivity index (χ3n) is 6.65. The van der Waals surface area contributed by atoms with Crippen LogP contribution in [-0.4, -0.2) is 102 Å². The van der Waals surface area contributed by atoms with Gasteiger partial charge in [-0.25, -0.2) is 4.79 Å². The molecule has 0 saturated carbocycles. The molecule has 3 aliphatic heterocycles. The first-order valence-electron chi connectivity index (χ1n) is 11.2. The molecule has 3 amide bonds. The zero-order chi connectivity index (χ0) is 25.3. The smallest absolute Gasteiger partial charge is 0.353 e. The van der Waals surface area contributed by atoms with Crippen LogP contribution < -0.4 is 16.0 Å². The first kappa shape index (κ1) is 26.4. The number of carboxylic acids is 1. The van der Waals surface area contributed by atoms with E-state index in [9.17, 15) is 33.1 Å². The molecule has 34 heavy (non-hydrogen) atoms. The highest BCUT2D eigenvalue weighted by molar-refractivity contribution is 8.03. The van der Waals surface area contributed by atoms with Gasteiger partial charge in [0.2, 0.25) is 11.8 Å². The number of nitrogens with zero attached hydrogens (tertiary/aromatic N) is 2. The lowest BCUT2D eigenvalue weighted by Crippen LogP contribution is -2.66. The molecule has 0 radical (unpaired) electrons. The third-order valence-corrected chi connectivity index (χ3v) is 8.17. The molecule has 0 aliphatic carbocycles. The number of hydrogen-bond donors (Lipinski definition) is 4. The van der Waals surface area contributed by atoms with Crippen LogP contribution in [0.4, 0.5) is 8.78 Å². The Balaban J connectivity index is 1.70. The van der Waals surface area contributed by atoms with Gasteiger partial charge in [-0.3, -0.25) is 14.4 Å². The van der Waals surface area contributed by atoms with E-state index in [1.165, 1.54) is 23.6 Å². The molecule has 4 N–H and O–H groups in total. The minimum Gasteiger partial charge on any atom is -0.477 e. The number of amides is 3. The number of thioether (sulfide) groups is 1. The van der Waals surface area contributed by atoms with Crippen molar-refractivity contribution in [3.05, 3.63) is 10.6 Å². The van der Waals surface area contributed by atoms with E-state index in [0.29, 0.717) is 31.0 Å². The largest absolute Gasteiger partial charge is 0.477 e. The monoisotopic (exact) mass is 503 g/mol. The lowest BCUT2D eigenvalue weighted by atomic mass is 9.78. The number of nitrogens with one attached hydrogen (secondary N) is 3. The minimum absolute atomic E-state index is 0.0343. The van der Waals surface area contributed by atoms with Gasteiger partial charge in [0.25, 0.3) is 5.91 Å². The van der Waals surface area contributed by atoms with Crippen molar-refractivity contribution in [3.8, 4) is 0 Å². The first-order chi connectivity index (χ1) is 16.0. The fourth-order valence-electron chi connectivity index (χ4n) is 4.89. The van der Waals surface area contributed by atoms with Crippen molar-refractivity contribution in [2.75, 3.05) is 33.7 Å². The summed E-state index contributed by atoms with van der Waals surface area (Å²) in [6.45, 7) is 5.01. The van der Waals surface area contributed by atoms with E-state index in [2.05, 4.69) is 16.0 Å². The standard InChI is InChI=1S/C21H31F2N5O5S/c1-9-14-13(10(2)26-18(29)17(22)23)20(31)28(14)15(21(32)33)16(9)34-11-7-12(25-8-11)19(30)27(4)6-5-24-3/h9-14,17,24-25H,5-8H2,1-4H3,(H,26,29)(H,32,33)/t9-,10-,11+,12+,13-,14-/m1/s1. The fraction of sp³-hybridized carbons (Fsp3) is 0.714. The molecule has 0 aromatic carbocycles. The van der Waals surface area contributed by atoms with E-state index < -0.39 is 42.2 Å². The van der Waals surface area contributed by atoms with Crippen LogP contribution in [0.5, 0.6) is 0 Å². The zero-order valence-electron chi connectivity index (χ0n) is 19.5. The van der Waals surface area contributed by atoms with E-state index in [0.717, 1.165) is 0 Å². The minimum atomic E-state index is -3.20. The number of β-lactam (4-membered cyclic amide) rings is 1. The van der Waals surface area contributed by atoms with Crippen LogP contribution in [0.1, 0.15) is 20.3 Å². The van der Waals surface area contributed by atoms with Crippen LogP contribution in [0.25, 0.3) is 0 Å². The molecular weight excluding hydrogens is 472 g/mol. The summed E-state index contributed by atoms with van der Waals surface area (Å²) in [6.07, 6.45) is -2.68. The van der Waals surface area contributed by atoms with Gasteiger partial charge in [-0.05, 0) is 20.4 Å². The van der Waals surface area contributed by atoms with Crippen molar-refractivity contribution in [1.82, 2.24) is 25.8 Å². The molecule has 10 nitrogen and oxygen atoms in total. The van der Waals surface area contributed by atoms with Crippen LogP contribution in [0.3, 0.4) is 0 Å². The maximum absolute atomic E-state index is 12.8. The molecule has 6 atom stereocenters. The first-order valence-corrected chi connectivity index (χ1v) is 12.1. The summed E-state index contributed by atoms with van der Waals surface area (Å²) < 4.78 is 25.3. The molecule has 3 aliphatic rings. The summed E-state index contributed by atoms with van der Waals surface area (Å²) in [4.78, 5) is 52.3. The predicted molar refractivity (Wildman–Crippen MR) is 121 cm³/mol.